The van der Waals surface area contributed by atoms with Crippen molar-refractivity contribution in [2.45, 2.75) is 19.0 Å². The number of alkyl halides is 3. The third kappa shape index (κ3) is 3.67. The first-order valence-electron chi connectivity index (χ1n) is 9.63. The topological polar surface area (TPSA) is 40.6 Å². The van der Waals surface area contributed by atoms with E-state index < -0.39 is 29.5 Å². The Hall–Kier alpha value is -3.61. The second-order valence-corrected chi connectivity index (χ2v) is 7.45. The van der Waals surface area contributed by atoms with E-state index in [4.69, 9.17) is 0 Å². The summed E-state index contributed by atoms with van der Waals surface area (Å²) in [6.45, 7) is 1.85. The van der Waals surface area contributed by atoms with Crippen LogP contribution in [0, 0.1) is 6.92 Å². The number of benzene rings is 3. The normalized spacial score (nSPS) is 16.9. The number of likely N-dealkylation sites (N-methyl/N-ethyl adjacent to an activating group) is 1. The van der Waals surface area contributed by atoms with Gasteiger partial charge < -0.3 is 4.90 Å². The van der Waals surface area contributed by atoms with Gasteiger partial charge in [-0.25, -0.2) is 0 Å². The minimum atomic E-state index is -4.59. The molecule has 1 aliphatic heterocycles. The fourth-order valence-corrected chi connectivity index (χ4v) is 3.81. The summed E-state index contributed by atoms with van der Waals surface area (Å²) in [5, 5.41) is 0. The third-order valence-corrected chi connectivity index (χ3v) is 5.34. The highest BCUT2D eigenvalue weighted by Gasteiger charge is 2.42. The number of fused-ring (bicyclic) bond motifs is 1. The molecule has 3 aromatic carbocycles. The zero-order valence-corrected chi connectivity index (χ0v) is 16.9. The maximum absolute atomic E-state index is 13.7. The first kappa shape index (κ1) is 20.7. The van der Waals surface area contributed by atoms with E-state index >= 15 is 0 Å². The van der Waals surface area contributed by atoms with Crippen molar-refractivity contribution in [3.8, 4) is 0 Å². The van der Waals surface area contributed by atoms with E-state index in [1.165, 1.54) is 22.9 Å². The van der Waals surface area contributed by atoms with Gasteiger partial charge in [0, 0.05) is 12.7 Å². The Morgan fingerprint density at radius 2 is 1.52 bits per heavy atom. The Labute approximate surface area is 177 Å². The number of anilines is 3. The summed E-state index contributed by atoms with van der Waals surface area (Å²) in [5.41, 5.74) is 1.09. The van der Waals surface area contributed by atoms with E-state index in [9.17, 15) is 22.8 Å². The minimum Gasteiger partial charge on any atom is -0.312 e. The number of nitrogens with zero attached hydrogens (tertiary/aromatic N) is 2. The highest BCUT2D eigenvalue weighted by Crippen LogP contribution is 2.43. The quantitative estimate of drug-likeness (QED) is 0.514. The predicted molar refractivity (Wildman–Crippen MR) is 112 cm³/mol. The second kappa shape index (κ2) is 7.58. The van der Waals surface area contributed by atoms with Gasteiger partial charge in [0.05, 0.1) is 16.9 Å². The van der Waals surface area contributed by atoms with Crippen LogP contribution in [0.2, 0.25) is 0 Å². The van der Waals surface area contributed by atoms with Gasteiger partial charge in [-0.3, -0.25) is 14.5 Å². The molecule has 158 valence electrons. The maximum atomic E-state index is 13.7. The van der Waals surface area contributed by atoms with Gasteiger partial charge in [-0.1, -0.05) is 48.0 Å². The van der Waals surface area contributed by atoms with Gasteiger partial charge in [-0.2, -0.15) is 13.2 Å². The summed E-state index contributed by atoms with van der Waals surface area (Å²) >= 11 is 0. The highest BCUT2D eigenvalue weighted by atomic mass is 19.4. The molecule has 4 rings (SSSR count). The van der Waals surface area contributed by atoms with Crippen LogP contribution in [0.5, 0.6) is 0 Å². The smallest absolute Gasteiger partial charge is 0.312 e. The van der Waals surface area contributed by atoms with Crippen LogP contribution in [-0.4, -0.2) is 18.9 Å². The molecule has 0 saturated heterocycles. The van der Waals surface area contributed by atoms with E-state index in [-0.39, 0.29) is 11.4 Å². The first-order chi connectivity index (χ1) is 14.7. The van der Waals surface area contributed by atoms with E-state index in [0.717, 1.165) is 17.7 Å². The lowest BCUT2D eigenvalue weighted by atomic mass is 9.95. The Morgan fingerprint density at radius 1 is 0.806 bits per heavy atom. The molecule has 0 saturated carbocycles. The highest BCUT2D eigenvalue weighted by molar-refractivity contribution is 6.23. The molecule has 1 atom stereocenters. The molecular weight excluding hydrogens is 405 g/mol. The second-order valence-electron chi connectivity index (χ2n) is 7.45. The van der Waals surface area contributed by atoms with Gasteiger partial charge in [0.25, 0.3) is 0 Å². The maximum Gasteiger partial charge on any atom is 0.416 e. The SMILES string of the molecule is Cc1cccc(C2C(=O)N(C)c3ccc(C(F)(F)F)cc3N(c3ccccc3)C2=O)c1. The summed E-state index contributed by atoms with van der Waals surface area (Å²) in [6, 6.07) is 18.5. The fraction of sp³-hybridized carbons (Fsp3) is 0.167. The van der Waals surface area contributed by atoms with Crippen molar-refractivity contribution in [3.63, 3.8) is 0 Å². The average Bonchev–Trinajstić information content (AvgIpc) is 2.81. The van der Waals surface area contributed by atoms with Crippen LogP contribution in [0.15, 0.2) is 72.8 Å². The van der Waals surface area contributed by atoms with E-state index in [2.05, 4.69) is 0 Å². The zero-order valence-electron chi connectivity index (χ0n) is 16.9. The van der Waals surface area contributed by atoms with Crippen molar-refractivity contribution in [1.29, 1.82) is 0 Å². The average molecular weight is 424 g/mol. The minimum absolute atomic E-state index is 0.0111. The van der Waals surface area contributed by atoms with Crippen molar-refractivity contribution >= 4 is 28.9 Å². The van der Waals surface area contributed by atoms with Crippen LogP contribution in [-0.2, 0) is 15.8 Å². The summed E-state index contributed by atoms with van der Waals surface area (Å²) < 4.78 is 40.4. The molecule has 7 heteroatoms. The lowest BCUT2D eigenvalue weighted by Gasteiger charge is -2.26. The van der Waals surface area contributed by atoms with E-state index in [1.54, 1.807) is 48.5 Å². The lowest BCUT2D eigenvalue weighted by Crippen LogP contribution is -2.37. The van der Waals surface area contributed by atoms with Crippen LogP contribution in [0.25, 0.3) is 0 Å². The lowest BCUT2D eigenvalue weighted by molar-refractivity contribution is -0.137. The third-order valence-electron chi connectivity index (χ3n) is 5.34. The van der Waals surface area contributed by atoms with Crippen LogP contribution < -0.4 is 9.80 Å². The number of hydrogen-bond acceptors (Lipinski definition) is 2. The molecule has 0 radical (unpaired) electrons. The fourth-order valence-electron chi connectivity index (χ4n) is 3.81. The Kier molecular flexibility index (Phi) is 5.05. The molecule has 1 unspecified atom stereocenters. The van der Waals surface area contributed by atoms with Crippen LogP contribution in [0.3, 0.4) is 0 Å². The van der Waals surface area contributed by atoms with Crippen molar-refractivity contribution in [2.24, 2.45) is 0 Å². The van der Waals surface area contributed by atoms with Gasteiger partial charge >= 0.3 is 6.18 Å². The van der Waals surface area contributed by atoms with Crippen LogP contribution in [0.4, 0.5) is 30.2 Å². The number of carbonyl (C=O) groups is 2. The molecule has 0 spiro atoms. The zero-order chi connectivity index (χ0) is 22.3. The van der Waals surface area contributed by atoms with Gasteiger partial charge in [0.15, 0.2) is 0 Å². The van der Waals surface area contributed by atoms with Gasteiger partial charge in [0.1, 0.15) is 5.92 Å². The van der Waals surface area contributed by atoms with Crippen molar-refractivity contribution in [1.82, 2.24) is 0 Å². The van der Waals surface area contributed by atoms with Crippen LogP contribution in [0.1, 0.15) is 22.6 Å². The van der Waals surface area contributed by atoms with E-state index in [1.807, 2.05) is 13.0 Å². The molecule has 4 nitrogen and oxygen atoms in total. The molecule has 0 aliphatic carbocycles. The monoisotopic (exact) mass is 424 g/mol. The van der Waals surface area contributed by atoms with Crippen LogP contribution >= 0.6 is 0 Å². The molecule has 0 fully saturated rings. The Bertz CT molecular complexity index is 1160. The van der Waals surface area contributed by atoms with Gasteiger partial charge in [-0.05, 0) is 42.8 Å². The molecule has 3 aromatic rings. The molecule has 0 N–H and O–H groups in total. The molecule has 1 aliphatic rings. The number of halogens is 3. The first-order valence-corrected chi connectivity index (χ1v) is 9.63. The van der Waals surface area contributed by atoms with E-state index in [0.29, 0.717) is 11.3 Å². The Balaban J connectivity index is 1.98. The number of para-hydroxylation sites is 1. The summed E-state index contributed by atoms with van der Waals surface area (Å²) in [5.74, 6) is -2.30. The molecule has 2 amide bonds. The number of rotatable bonds is 2. The summed E-state index contributed by atoms with van der Waals surface area (Å²) in [4.78, 5) is 29.5. The number of hydrogen-bond donors (Lipinski definition) is 0. The number of carbonyl (C=O) groups excluding carboxylic acids is 2. The van der Waals surface area contributed by atoms with Gasteiger partial charge in [-0.15, -0.1) is 0 Å². The molecule has 31 heavy (non-hydrogen) atoms. The molecule has 0 aromatic heterocycles. The predicted octanol–water partition coefficient (Wildman–Crippen LogP) is 5.44. The van der Waals surface area contributed by atoms with Crippen molar-refractivity contribution in [3.05, 3.63) is 89.5 Å². The van der Waals surface area contributed by atoms with Gasteiger partial charge in [0.2, 0.25) is 11.8 Å². The largest absolute Gasteiger partial charge is 0.416 e. The standard InChI is InChI=1S/C24H19F3N2O2/c1-15-7-6-8-16(13-15)21-22(30)28(2)19-12-11-17(24(25,26)27)14-20(19)29(23(21)31)18-9-4-3-5-10-18/h3-14,21H,1-2H3. The number of amides is 2. The molecule has 1 heterocycles. The molecule has 0 bridgehead atoms. The molecular formula is C24H19F3N2O2. The summed E-state index contributed by atoms with van der Waals surface area (Å²) in [7, 11) is 1.47. The van der Waals surface area contributed by atoms with Crippen molar-refractivity contribution in [2.75, 3.05) is 16.8 Å². The Morgan fingerprint density at radius 3 is 2.16 bits per heavy atom. The number of aryl methyl sites for hydroxylation is 1. The van der Waals surface area contributed by atoms with Crippen molar-refractivity contribution < 1.29 is 22.8 Å². The summed E-state index contributed by atoms with van der Waals surface area (Å²) in [6.07, 6.45) is -4.59.